The molecule has 0 bridgehead atoms. The number of nitrogens with one attached hydrogen (secondary N) is 2. The Kier molecular flexibility index (Phi) is 18.1. The van der Waals surface area contributed by atoms with Crippen LogP contribution in [-0.2, 0) is 9.47 Å². The lowest BCUT2D eigenvalue weighted by Crippen LogP contribution is -2.36. The van der Waals surface area contributed by atoms with Crippen molar-refractivity contribution < 1.29 is 37.1 Å². The van der Waals surface area contributed by atoms with Gasteiger partial charge in [-0.2, -0.15) is 10.5 Å². The number of pyridine rings is 8. The zero-order valence-corrected chi connectivity index (χ0v) is 47.1. The van der Waals surface area contributed by atoms with E-state index in [9.17, 15) is 14.0 Å². The normalized spacial score (nSPS) is 13.0. The lowest BCUT2D eigenvalue weighted by atomic mass is 9.81. The third-order valence-electron chi connectivity index (χ3n) is 13.6. The zero-order chi connectivity index (χ0) is 58.9. The van der Waals surface area contributed by atoms with Crippen molar-refractivity contribution in [2.45, 2.75) is 13.8 Å². The maximum Gasteiger partial charge on any atom is 0.490 e. The van der Waals surface area contributed by atoms with Crippen LogP contribution in [0.25, 0.3) is 55.7 Å². The van der Waals surface area contributed by atoms with Gasteiger partial charge >= 0.3 is 7.12 Å². The molecule has 4 N–H and O–H groups in total. The number of fused-ring (bicyclic) bond motifs is 2. The van der Waals surface area contributed by atoms with Crippen LogP contribution in [0, 0.1) is 63.3 Å². The molecular formula is C60H48BF4IN14O4. The van der Waals surface area contributed by atoms with Crippen molar-refractivity contribution in [2.24, 2.45) is 0 Å². The van der Waals surface area contributed by atoms with Crippen LogP contribution < -0.4 is 25.9 Å². The molecule has 10 aromatic rings. The van der Waals surface area contributed by atoms with Crippen molar-refractivity contribution in [3.63, 3.8) is 0 Å². The third kappa shape index (κ3) is 13.1. The fourth-order valence-corrected chi connectivity index (χ4v) is 9.87. The van der Waals surface area contributed by atoms with Crippen LogP contribution >= 0.6 is 22.6 Å². The van der Waals surface area contributed by atoms with Crippen molar-refractivity contribution in [2.75, 3.05) is 73.0 Å². The van der Waals surface area contributed by atoms with Gasteiger partial charge in [-0.3, -0.25) is 19.9 Å². The Labute approximate surface area is 492 Å². The highest BCUT2D eigenvalue weighted by molar-refractivity contribution is 14.1. The average Bonchev–Trinajstić information content (AvgIpc) is 2.27. The molecule has 2 aliphatic rings. The predicted molar refractivity (Wildman–Crippen MR) is 320 cm³/mol. The summed E-state index contributed by atoms with van der Waals surface area (Å²) < 4.78 is 70.6. The molecule has 18 nitrogen and oxygen atoms in total. The number of aromatic nitrogens is 8. The first kappa shape index (κ1) is 57.9. The van der Waals surface area contributed by atoms with Crippen LogP contribution in [0.15, 0.2) is 135 Å². The highest BCUT2D eigenvalue weighted by Crippen LogP contribution is 2.41. The van der Waals surface area contributed by atoms with E-state index in [0.29, 0.717) is 119 Å². The van der Waals surface area contributed by atoms with Crippen LogP contribution in [0.5, 0.6) is 0 Å². The van der Waals surface area contributed by atoms with E-state index in [4.69, 9.17) is 24.8 Å². The average molecular weight is 1240 g/mol. The van der Waals surface area contributed by atoms with Gasteiger partial charge in [0.1, 0.15) is 47.0 Å². The van der Waals surface area contributed by atoms with Crippen LogP contribution in [0.3, 0.4) is 0 Å². The first-order chi connectivity index (χ1) is 40.8. The molecule has 2 aromatic carbocycles. The van der Waals surface area contributed by atoms with Gasteiger partial charge in [0.25, 0.3) is 0 Å². The summed E-state index contributed by atoms with van der Waals surface area (Å²) in [6.45, 7) is 8.99. The summed E-state index contributed by atoms with van der Waals surface area (Å²) in [6, 6.07) is 26.0. The van der Waals surface area contributed by atoms with E-state index < -0.39 is 30.4 Å². The van der Waals surface area contributed by atoms with Crippen molar-refractivity contribution in [3.05, 3.63) is 184 Å². The Morgan fingerprint density at radius 3 is 1.57 bits per heavy atom. The molecule has 84 heavy (non-hydrogen) atoms. The van der Waals surface area contributed by atoms with Crippen LogP contribution in [-0.4, -0.2) is 110 Å². The Morgan fingerprint density at radius 1 is 0.583 bits per heavy atom. The van der Waals surface area contributed by atoms with E-state index in [1.165, 1.54) is 36.8 Å². The van der Waals surface area contributed by atoms with Gasteiger partial charge in [0.15, 0.2) is 0 Å². The van der Waals surface area contributed by atoms with Gasteiger partial charge in [-0.15, -0.1) is 0 Å². The minimum atomic E-state index is -1.56. The molecule has 0 amide bonds. The summed E-state index contributed by atoms with van der Waals surface area (Å²) >= 11 is 2.19. The molecule has 24 heteroatoms. The van der Waals surface area contributed by atoms with Crippen molar-refractivity contribution >= 4 is 91.4 Å². The van der Waals surface area contributed by atoms with Gasteiger partial charge in [-0.25, -0.2) is 37.5 Å². The number of halogens is 5. The topological polar surface area (TPSA) is 240 Å². The summed E-state index contributed by atoms with van der Waals surface area (Å²) in [5.74, 6) is -1.29. The molecule has 12 rings (SSSR count). The zero-order valence-electron chi connectivity index (χ0n) is 44.9. The number of anilines is 6. The minimum absolute atomic E-state index is 0.151. The van der Waals surface area contributed by atoms with Crippen molar-refractivity contribution in [1.82, 2.24) is 39.9 Å². The summed E-state index contributed by atoms with van der Waals surface area (Å²) in [6.07, 6.45) is 12.6. The van der Waals surface area contributed by atoms with E-state index in [1.807, 2.05) is 56.3 Å². The Morgan fingerprint density at radius 2 is 1.07 bits per heavy atom. The van der Waals surface area contributed by atoms with Crippen LogP contribution in [0.2, 0.25) is 0 Å². The smallest absolute Gasteiger partial charge is 0.423 e. The SMILES string of the molecule is Cc1c(-c2ccccn2)nc2cc(F)cc(F)c2c1Nc1cc(N2CCOCC2)ncc1-c1cncc(C#N)c1.Cc1c(-c2ccccn2)nc2cc(F)cc(F)c2c1Nc1cc(N2CCOCC2)ncc1I.N#Cc1cncc(B(O)O)c1. The van der Waals surface area contributed by atoms with Gasteiger partial charge in [0, 0.05) is 140 Å². The van der Waals surface area contributed by atoms with Gasteiger partial charge in [0.2, 0.25) is 0 Å². The minimum Gasteiger partial charge on any atom is -0.423 e. The lowest BCUT2D eigenvalue weighted by Gasteiger charge is -2.28. The van der Waals surface area contributed by atoms with E-state index in [0.717, 1.165) is 40.3 Å². The molecule has 8 aromatic heterocycles. The molecule has 2 saturated heterocycles. The van der Waals surface area contributed by atoms with E-state index >= 15 is 8.78 Å². The number of nitrogens with zero attached hydrogens (tertiary/aromatic N) is 12. The van der Waals surface area contributed by atoms with Gasteiger partial charge < -0.3 is 40.0 Å². The molecule has 420 valence electrons. The standard InChI is InChI=1S/C30H23F2N7O.C24H20F2IN5O.C6H5BN2O2/c1-18-29(24-4-2-3-5-35-24)38-26-12-21(31)11-23(32)28(26)30(18)37-25-13-27(39-6-8-40-9-7-39)36-17-22(25)20-10-19(14-33)15-34-16-20;1-14-23(18-4-2-3-5-28-18)31-20-11-15(25)10-16(26)22(20)24(14)30-19-12-21(29-13-17(19)27)32-6-8-33-9-7-32;8-2-5-1-6(7(10)11)4-9-3-5/h2-5,10-13,15-17H,6-9H2,1H3,(H,36,37,38);2-5,10-13H,6-9H2,1H3,(H,29,30,31);1,3-4,10-11H. The summed E-state index contributed by atoms with van der Waals surface area (Å²) in [4.78, 5) is 39.3. The summed E-state index contributed by atoms with van der Waals surface area (Å²) in [5, 5.41) is 42.3. The van der Waals surface area contributed by atoms with E-state index in [2.05, 4.69) is 89.0 Å². The fraction of sp³-hybridized carbons (Fsp3) is 0.167. The molecule has 0 unspecified atom stereocenters. The van der Waals surface area contributed by atoms with E-state index in [-0.39, 0.29) is 27.3 Å². The molecule has 0 atom stereocenters. The summed E-state index contributed by atoms with van der Waals surface area (Å²) in [7, 11) is -1.56. The largest absolute Gasteiger partial charge is 0.490 e. The molecule has 0 spiro atoms. The molecular weight excluding hydrogens is 1190 g/mol. The number of morpholine rings is 2. The summed E-state index contributed by atoms with van der Waals surface area (Å²) in [5.41, 5.74) is 8.58. The number of rotatable bonds is 10. The number of hydrogen-bond acceptors (Lipinski definition) is 18. The van der Waals surface area contributed by atoms with Gasteiger partial charge in [0.05, 0.1) is 108 Å². The van der Waals surface area contributed by atoms with Gasteiger partial charge in [-0.1, -0.05) is 12.1 Å². The second kappa shape index (κ2) is 26.3. The number of benzene rings is 2. The molecule has 0 saturated carbocycles. The van der Waals surface area contributed by atoms with Crippen molar-refractivity contribution in [1.29, 1.82) is 10.5 Å². The predicted octanol–water partition coefficient (Wildman–Crippen LogP) is 9.89. The second-order valence-corrected chi connectivity index (χ2v) is 20.2. The maximum atomic E-state index is 15.4. The number of ether oxygens (including phenoxy) is 2. The third-order valence-corrected chi connectivity index (χ3v) is 14.5. The van der Waals surface area contributed by atoms with Crippen LogP contribution in [0.4, 0.5) is 51.9 Å². The van der Waals surface area contributed by atoms with E-state index in [1.54, 1.807) is 49.2 Å². The monoisotopic (exact) mass is 1240 g/mol. The van der Waals surface area contributed by atoms with Gasteiger partial charge in [-0.05, 0) is 72.8 Å². The molecule has 0 aliphatic carbocycles. The molecule has 2 aliphatic heterocycles. The fourth-order valence-electron chi connectivity index (χ4n) is 9.44. The molecule has 0 radical (unpaired) electrons. The number of nitriles is 2. The lowest BCUT2D eigenvalue weighted by molar-refractivity contribution is 0.122. The highest BCUT2D eigenvalue weighted by atomic mass is 127. The van der Waals surface area contributed by atoms with Crippen LogP contribution in [0.1, 0.15) is 22.3 Å². The van der Waals surface area contributed by atoms with Crippen molar-refractivity contribution in [3.8, 4) is 46.0 Å². The number of hydrogen-bond donors (Lipinski definition) is 4. The highest BCUT2D eigenvalue weighted by Gasteiger charge is 2.24. The first-order valence-corrected chi connectivity index (χ1v) is 27.2. The first-order valence-electron chi connectivity index (χ1n) is 26.1. The quantitative estimate of drug-likeness (QED) is 0.0566. The Bertz CT molecular complexity index is 4140. The second-order valence-electron chi connectivity index (χ2n) is 19.0. The Hall–Kier alpha value is -9.31. The molecule has 2 fully saturated rings. The maximum absolute atomic E-state index is 15.4. The Balaban J connectivity index is 0.000000161. The molecule has 10 heterocycles.